The average Bonchev–Trinajstić information content (AvgIpc) is 2.56. The van der Waals surface area contributed by atoms with Crippen LogP contribution in [0.2, 0.25) is 0 Å². The Bertz CT molecular complexity index is 182. The van der Waals surface area contributed by atoms with Gasteiger partial charge in [-0.3, -0.25) is 4.90 Å². The van der Waals surface area contributed by atoms with Crippen LogP contribution in [-0.4, -0.2) is 62.2 Å². The zero-order chi connectivity index (χ0) is 11.4. The van der Waals surface area contributed by atoms with Crippen molar-refractivity contribution >= 4 is 0 Å². The van der Waals surface area contributed by atoms with Crippen LogP contribution in [0.3, 0.4) is 0 Å². The van der Waals surface area contributed by atoms with E-state index in [1.807, 2.05) is 0 Å². The molecule has 0 aliphatic carbocycles. The predicted octanol–water partition coefficient (Wildman–Crippen LogP) is 0.866. The van der Waals surface area contributed by atoms with E-state index in [1.54, 1.807) is 0 Å². The molecule has 15 heavy (non-hydrogen) atoms. The van der Waals surface area contributed by atoms with Gasteiger partial charge in [0.25, 0.3) is 0 Å². The maximum atomic E-state index is 3.43. The molecule has 0 amide bonds. The molecule has 1 heterocycles. The molecule has 3 heteroatoms. The molecule has 1 saturated heterocycles. The lowest BCUT2D eigenvalue weighted by atomic mass is 10.1. The van der Waals surface area contributed by atoms with Crippen LogP contribution in [0.25, 0.3) is 0 Å². The minimum Gasteiger partial charge on any atom is -0.315 e. The van der Waals surface area contributed by atoms with E-state index >= 15 is 0 Å². The number of likely N-dealkylation sites (tertiary alicyclic amines) is 1. The summed E-state index contributed by atoms with van der Waals surface area (Å²) in [6, 6.07) is 1.39. The first-order valence-electron chi connectivity index (χ1n) is 6.17. The molecule has 0 saturated carbocycles. The van der Waals surface area contributed by atoms with Crippen LogP contribution < -0.4 is 5.32 Å². The molecule has 1 aliphatic rings. The maximum absolute atomic E-state index is 3.43. The standard InChI is InChI=1S/C12H27N3/c1-6-13-7-11(3)15-8-10(2)12(9-15)14(4)5/h10-13H,6-9H2,1-5H3. The van der Waals surface area contributed by atoms with Crippen LogP contribution in [-0.2, 0) is 0 Å². The van der Waals surface area contributed by atoms with Crippen LogP contribution in [0.1, 0.15) is 20.8 Å². The second kappa shape index (κ2) is 5.83. The summed E-state index contributed by atoms with van der Waals surface area (Å²) < 4.78 is 0. The van der Waals surface area contributed by atoms with E-state index in [2.05, 4.69) is 50.0 Å². The lowest BCUT2D eigenvalue weighted by Gasteiger charge is -2.26. The number of likely N-dealkylation sites (N-methyl/N-ethyl adjacent to an activating group) is 2. The highest BCUT2D eigenvalue weighted by atomic mass is 15.3. The molecule has 1 fully saturated rings. The van der Waals surface area contributed by atoms with Crippen LogP contribution >= 0.6 is 0 Å². The van der Waals surface area contributed by atoms with Crippen molar-refractivity contribution in [3.63, 3.8) is 0 Å². The Kier molecular flexibility index (Phi) is 5.03. The summed E-state index contributed by atoms with van der Waals surface area (Å²) in [7, 11) is 4.39. The van der Waals surface area contributed by atoms with Gasteiger partial charge in [-0.25, -0.2) is 0 Å². The summed E-state index contributed by atoms with van der Waals surface area (Å²) in [5.41, 5.74) is 0. The quantitative estimate of drug-likeness (QED) is 0.731. The van der Waals surface area contributed by atoms with Crippen LogP contribution in [0, 0.1) is 5.92 Å². The number of nitrogens with one attached hydrogen (secondary N) is 1. The minimum absolute atomic E-state index is 0.664. The van der Waals surface area contributed by atoms with Crippen LogP contribution in [0.5, 0.6) is 0 Å². The number of rotatable bonds is 5. The first kappa shape index (κ1) is 12.9. The van der Waals surface area contributed by atoms with Gasteiger partial charge in [-0.1, -0.05) is 13.8 Å². The summed E-state index contributed by atoms with van der Waals surface area (Å²) in [4.78, 5) is 4.97. The third kappa shape index (κ3) is 3.44. The average molecular weight is 213 g/mol. The molecule has 0 aromatic carbocycles. The SMILES string of the molecule is CCNCC(C)N1CC(C)C(N(C)C)C1. The summed E-state index contributed by atoms with van der Waals surface area (Å²) in [6.45, 7) is 11.5. The lowest BCUT2D eigenvalue weighted by Crippen LogP contribution is -2.41. The summed E-state index contributed by atoms with van der Waals surface area (Å²) >= 11 is 0. The Hall–Kier alpha value is -0.120. The zero-order valence-corrected chi connectivity index (χ0v) is 11.0. The predicted molar refractivity (Wildman–Crippen MR) is 66.2 cm³/mol. The van der Waals surface area contributed by atoms with E-state index in [-0.39, 0.29) is 0 Å². The molecule has 0 aromatic heterocycles. The van der Waals surface area contributed by atoms with Crippen molar-refractivity contribution in [2.75, 3.05) is 40.3 Å². The highest BCUT2D eigenvalue weighted by Gasteiger charge is 2.32. The molecule has 1 rings (SSSR count). The molecular weight excluding hydrogens is 186 g/mol. The smallest absolute Gasteiger partial charge is 0.0254 e. The van der Waals surface area contributed by atoms with Gasteiger partial charge in [0, 0.05) is 31.7 Å². The van der Waals surface area contributed by atoms with Crippen molar-refractivity contribution in [1.29, 1.82) is 0 Å². The molecule has 1 aliphatic heterocycles. The summed E-state index contributed by atoms with van der Waals surface area (Å²) in [5.74, 6) is 0.795. The van der Waals surface area contributed by atoms with E-state index in [1.165, 1.54) is 13.1 Å². The summed E-state index contributed by atoms with van der Waals surface area (Å²) in [6.07, 6.45) is 0. The van der Waals surface area contributed by atoms with Crippen molar-refractivity contribution in [2.45, 2.75) is 32.9 Å². The molecule has 90 valence electrons. The third-order valence-corrected chi connectivity index (χ3v) is 3.58. The monoisotopic (exact) mass is 213 g/mol. The van der Waals surface area contributed by atoms with Gasteiger partial charge >= 0.3 is 0 Å². The van der Waals surface area contributed by atoms with Gasteiger partial charge in [-0.15, -0.1) is 0 Å². The van der Waals surface area contributed by atoms with Crippen molar-refractivity contribution in [1.82, 2.24) is 15.1 Å². The van der Waals surface area contributed by atoms with Crippen LogP contribution in [0.15, 0.2) is 0 Å². The topological polar surface area (TPSA) is 18.5 Å². The lowest BCUT2D eigenvalue weighted by molar-refractivity contribution is 0.221. The van der Waals surface area contributed by atoms with Crippen molar-refractivity contribution in [3.8, 4) is 0 Å². The largest absolute Gasteiger partial charge is 0.315 e. The molecule has 0 aromatic rings. The molecule has 0 bridgehead atoms. The van der Waals surface area contributed by atoms with Gasteiger partial charge in [0.1, 0.15) is 0 Å². The van der Waals surface area contributed by atoms with E-state index < -0.39 is 0 Å². The Balaban J connectivity index is 2.39. The second-order valence-electron chi connectivity index (χ2n) is 5.12. The van der Waals surface area contributed by atoms with Crippen molar-refractivity contribution < 1.29 is 0 Å². The number of nitrogens with zero attached hydrogens (tertiary/aromatic N) is 2. The molecule has 0 spiro atoms. The van der Waals surface area contributed by atoms with E-state index in [0.29, 0.717) is 6.04 Å². The van der Waals surface area contributed by atoms with Gasteiger partial charge in [0.15, 0.2) is 0 Å². The molecule has 3 atom stereocenters. The molecule has 1 N–H and O–H groups in total. The fraction of sp³-hybridized carbons (Fsp3) is 1.00. The Labute approximate surface area is 94.8 Å². The van der Waals surface area contributed by atoms with E-state index in [4.69, 9.17) is 0 Å². The Morgan fingerprint density at radius 2 is 2.07 bits per heavy atom. The fourth-order valence-corrected chi connectivity index (χ4v) is 2.50. The highest BCUT2D eigenvalue weighted by Crippen LogP contribution is 2.21. The number of hydrogen-bond donors (Lipinski definition) is 1. The van der Waals surface area contributed by atoms with E-state index in [9.17, 15) is 0 Å². The zero-order valence-electron chi connectivity index (χ0n) is 11.0. The van der Waals surface area contributed by atoms with Crippen molar-refractivity contribution in [2.24, 2.45) is 5.92 Å². The first-order chi connectivity index (χ1) is 7.06. The van der Waals surface area contributed by atoms with E-state index in [0.717, 1.165) is 25.0 Å². The van der Waals surface area contributed by atoms with Gasteiger partial charge < -0.3 is 10.2 Å². The highest BCUT2D eigenvalue weighted by molar-refractivity contribution is 4.89. The minimum atomic E-state index is 0.664. The second-order valence-corrected chi connectivity index (χ2v) is 5.12. The molecule has 3 nitrogen and oxygen atoms in total. The Morgan fingerprint density at radius 1 is 1.40 bits per heavy atom. The fourth-order valence-electron chi connectivity index (χ4n) is 2.50. The molecule has 0 radical (unpaired) electrons. The van der Waals surface area contributed by atoms with Crippen molar-refractivity contribution in [3.05, 3.63) is 0 Å². The Morgan fingerprint density at radius 3 is 2.53 bits per heavy atom. The maximum Gasteiger partial charge on any atom is 0.0254 e. The van der Waals surface area contributed by atoms with Gasteiger partial charge in [0.05, 0.1) is 0 Å². The summed E-state index contributed by atoms with van der Waals surface area (Å²) in [5, 5.41) is 3.43. The van der Waals surface area contributed by atoms with Crippen LogP contribution in [0.4, 0.5) is 0 Å². The van der Waals surface area contributed by atoms with Gasteiger partial charge in [-0.2, -0.15) is 0 Å². The molecular formula is C12H27N3. The number of hydrogen-bond acceptors (Lipinski definition) is 3. The third-order valence-electron chi connectivity index (χ3n) is 3.58. The van der Waals surface area contributed by atoms with Gasteiger partial charge in [0.2, 0.25) is 0 Å². The normalized spacial score (nSPS) is 30.0. The molecule has 3 unspecified atom stereocenters. The van der Waals surface area contributed by atoms with Gasteiger partial charge in [-0.05, 0) is 33.5 Å². The first-order valence-corrected chi connectivity index (χ1v) is 6.17.